The molecule has 1 fully saturated rings. The highest BCUT2D eigenvalue weighted by atomic mass is 35.5. The number of likely N-dealkylation sites (N-methyl/N-ethyl adjacent to an activating group) is 1. The summed E-state index contributed by atoms with van der Waals surface area (Å²) in [7, 11) is 2.00. The van der Waals surface area contributed by atoms with Gasteiger partial charge in [-0.25, -0.2) is 4.39 Å². The zero-order chi connectivity index (χ0) is 12.4. The Morgan fingerprint density at radius 1 is 1.47 bits per heavy atom. The monoisotopic (exact) mass is 258 g/mol. The Labute approximate surface area is 105 Å². The van der Waals surface area contributed by atoms with Crippen LogP contribution in [0.5, 0.6) is 0 Å². The predicted octanol–water partition coefficient (Wildman–Crippen LogP) is 1.59. The van der Waals surface area contributed by atoms with Crippen molar-refractivity contribution in [3.63, 3.8) is 0 Å². The second-order valence-electron chi connectivity index (χ2n) is 4.36. The van der Waals surface area contributed by atoms with Gasteiger partial charge in [-0.2, -0.15) is 0 Å². The van der Waals surface area contributed by atoms with Crippen LogP contribution in [0.1, 0.15) is 0 Å². The molecule has 1 unspecified atom stereocenters. The normalized spacial score (nSPS) is 21.9. The van der Waals surface area contributed by atoms with Gasteiger partial charge in [0.2, 0.25) is 0 Å². The number of aliphatic hydroxyl groups excluding tert-OH is 1. The fraction of sp³-hybridized carbons (Fsp3) is 0.500. The molecule has 94 valence electrons. The molecular formula is C12H16ClFN2O. The third kappa shape index (κ3) is 2.70. The summed E-state index contributed by atoms with van der Waals surface area (Å²) in [5.41, 5.74) is 0.906. The lowest BCUT2D eigenvalue weighted by Gasteiger charge is -2.39. The number of hydrogen-bond donors (Lipinski definition) is 1. The molecule has 0 aromatic heterocycles. The molecule has 1 aromatic rings. The van der Waals surface area contributed by atoms with E-state index in [1.54, 1.807) is 12.1 Å². The summed E-state index contributed by atoms with van der Waals surface area (Å²) in [4.78, 5) is 4.24. The summed E-state index contributed by atoms with van der Waals surface area (Å²) < 4.78 is 13.1. The Kier molecular flexibility index (Phi) is 3.86. The van der Waals surface area contributed by atoms with Crippen molar-refractivity contribution in [2.75, 3.05) is 38.2 Å². The van der Waals surface area contributed by atoms with E-state index < -0.39 is 5.82 Å². The number of halogens is 2. The van der Waals surface area contributed by atoms with E-state index in [1.807, 2.05) is 7.05 Å². The second kappa shape index (κ2) is 5.21. The molecule has 0 bridgehead atoms. The van der Waals surface area contributed by atoms with Crippen LogP contribution < -0.4 is 4.90 Å². The highest BCUT2D eigenvalue weighted by molar-refractivity contribution is 6.31. The average Bonchev–Trinajstić information content (AvgIpc) is 2.33. The Balaban J connectivity index is 2.14. The van der Waals surface area contributed by atoms with Gasteiger partial charge in [0.05, 0.1) is 17.7 Å². The molecule has 5 heteroatoms. The Morgan fingerprint density at radius 3 is 2.88 bits per heavy atom. The lowest BCUT2D eigenvalue weighted by molar-refractivity contribution is 0.135. The van der Waals surface area contributed by atoms with Crippen LogP contribution in [0.2, 0.25) is 5.02 Å². The number of rotatable bonds is 2. The average molecular weight is 259 g/mol. The van der Waals surface area contributed by atoms with Gasteiger partial charge in [-0.15, -0.1) is 0 Å². The second-order valence-corrected chi connectivity index (χ2v) is 4.77. The molecule has 1 saturated heterocycles. The number of benzene rings is 1. The van der Waals surface area contributed by atoms with Crippen molar-refractivity contribution in [3.05, 3.63) is 29.0 Å². The Bertz CT molecular complexity index is 402. The number of hydrogen-bond acceptors (Lipinski definition) is 3. The van der Waals surface area contributed by atoms with Gasteiger partial charge in [0, 0.05) is 25.3 Å². The van der Waals surface area contributed by atoms with Crippen molar-refractivity contribution in [2.45, 2.75) is 6.04 Å². The molecular weight excluding hydrogens is 243 g/mol. The van der Waals surface area contributed by atoms with E-state index in [0.29, 0.717) is 0 Å². The predicted molar refractivity (Wildman–Crippen MR) is 67.1 cm³/mol. The van der Waals surface area contributed by atoms with Crippen LogP contribution in [0.25, 0.3) is 0 Å². The number of nitrogens with zero attached hydrogens (tertiary/aromatic N) is 2. The van der Waals surface area contributed by atoms with Crippen LogP contribution in [-0.2, 0) is 0 Å². The molecule has 1 heterocycles. The topological polar surface area (TPSA) is 26.7 Å². The van der Waals surface area contributed by atoms with E-state index in [1.165, 1.54) is 6.07 Å². The van der Waals surface area contributed by atoms with Crippen molar-refractivity contribution in [1.82, 2.24) is 4.90 Å². The molecule has 0 spiro atoms. The molecule has 1 aliphatic heterocycles. The van der Waals surface area contributed by atoms with E-state index >= 15 is 0 Å². The lowest BCUT2D eigenvalue weighted by Crippen LogP contribution is -2.53. The quantitative estimate of drug-likeness (QED) is 0.873. The zero-order valence-electron chi connectivity index (χ0n) is 9.74. The van der Waals surface area contributed by atoms with Gasteiger partial charge >= 0.3 is 0 Å². The SMILES string of the molecule is CN1CCN(c2ccc(F)c(Cl)c2)CC1CO. The summed E-state index contributed by atoms with van der Waals surface area (Å²) in [5.74, 6) is -0.400. The maximum absolute atomic E-state index is 13.1. The number of aliphatic hydroxyl groups is 1. The molecule has 0 aliphatic carbocycles. The molecule has 0 radical (unpaired) electrons. The van der Waals surface area contributed by atoms with Gasteiger partial charge < -0.3 is 10.0 Å². The lowest BCUT2D eigenvalue weighted by atomic mass is 10.1. The largest absolute Gasteiger partial charge is 0.395 e. The maximum Gasteiger partial charge on any atom is 0.141 e. The third-order valence-corrected chi connectivity index (χ3v) is 3.55. The van der Waals surface area contributed by atoms with Crippen LogP contribution in [0.15, 0.2) is 18.2 Å². The minimum absolute atomic E-state index is 0.118. The molecule has 3 nitrogen and oxygen atoms in total. The Morgan fingerprint density at radius 2 is 2.24 bits per heavy atom. The maximum atomic E-state index is 13.1. The fourth-order valence-electron chi connectivity index (χ4n) is 2.06. The van der Waals surface area contributed by atoms with Crippen molar-refractivity contribution in [1.29, 1.82) is 0 Å². The number of piperazine rings is 1. The first-order valence-electron chi connectivity index (χ1n) is 5.63. The molecule has 0 amide bonds. The van der Waals surface area contributed by atoms with Gasteiger partial charge in [0.25, 0.3) is 0 Å². The van der Waals surface area contributed by atoms with E-state index in [9.17, 15) is 9.50 Å². The van der Waals surface area contributed by atoms with Crippen LogP contribution in [0, 0.1) is 5.82 Å². The summed E-state index contributed by atoms with van der Waals surface area (Å²) in [5, 5.41) is 9.41. The van der Waals surface area contributed by atoms with E-state index in [2.05, 4.69) is 9.80 Å². The molecule has 1 atom stereocenters. The van der Waals surface area contributed by atoms with Crippen molar-refractivity contribution in [2.24, 2.45) is 0 Å². The summed E-state index contributed by atoms with van der Waals surface area (Å²) in [6, 6.07) is 4.86. The third-order valence-electron chi connectivity index (χ3n) is 3.26. The van der Waals surface area contributed by atoms with Crippen LogP contribution in [0.3, 0.4) is 0 Å². The highest BCUT2D eigenvalue weighted by Crippen LogP contribution is 2.24. The van der Waals surface area contributed by atoms with E-state index in [0.717, 1.165) is 25.3 Å². The summed E-state index contributed by atoms with van der Waals surface area (Å²) in [6.45, 7) is 2.59. The first-order valence-corrected chi connectivity index (χ1v) is 6.00. The van der Waals surface area contributed by atoms with Crippen molar-refractivity contribution in [3.8, 4) is 0 Å². The van der Waals surface area contributed by atoms with Gasteiger partial charge in [-0.3, -0.25) is 4.90 Å². The molecule has 1 aromatic carbocycles. The van der Waals surface area contributed by atoms with Crippen molar-refractivity contribution < 1.29 is 9.50 Å². The first-order chi connectivity index (χ1) is 8.11. The van der Waals surface area contributed by atoms with Gasteiger partial charge in [0.15, 0.2) is 0 Å². The van der Waals surface area contributed by atoms with Crippen LogP contribution in [0.4, 0.5) is 10.1 Å². The number of anilines is 1. The van der Waals surface area contributed by atoms with Gasteiger partial charge in [-0.05, 0) is 25.2 Å². The minimum atomic E-state index is -0.400. The van der Waals surface area contributed by atoms with Gasteiger partial charge in [0.1, 0.15) is 5.82 Å². The first kappa shape index (κ1) is 12.6. The molecule has 1 N–H and O–H groups in total. The minimum Gasteiger partial charge on any atom is -0.395 e. The molecule has 17 heavy (non-hydrogen) atoms. The van der Waals surface area contributed by atoms with Crippen molar-refractivity contribution >= 4 is 17.3 Å². The zero-order valence-corrected chi connectivity index (χ0v) is 10.5. The molecule has 1 aliphatic rings. The Hall–Kier alpha value is -0.840. The summed E-state index contributed by atoms with van der Waals surface area (Å²) >= 11 is 5.77. The van der Waals surface area contributed by atoms with Crippen LogP contribution in [-0.4, -0.2) is 49.3 Å². The molecule has 2 rings (SSSR count). The highest BCUT2D eigenvalue weighted by Gasteiger charge is 2.23. The smallest absolute Gasteiger partial charge is 0.141 e. The van der Waals surface area contributed by atoms with Gasteiger partial charge in [-0.1, -0.05) is 11.6 Å². The standard InChI is InChI=1S/C12H16ClFN2O/c1-15-4-5-16(7-10(15)8-17)9-2-3-12(14)11(13)6-9/h2-3,6,10,17H,4-5,7-8H2,1H3. The summed E-state index contributed by atoms with van der Waals surface area (Å²) in [6.07, 6.45) is 0. The fourth-order valence-corrected chi connectivity index (χ4v) is 2.23. The van der Waals surface area contributed by atoms with E-state index in [4.69, 9.17) is 11.6 Å². The van der Waals surface area contributed by atoms with Crippen LogP contribution >= 0.6 is 11.6 Å². The molecule has 0 saturated carbocycles. The van der Waals surface area contributed by atoms with E-state index in [-0.39, 0.29) is 17.7 Å².